The van der Waals surface area contributed by atoms with Crippen molar-refractivity contribution in [2.45, 2.75) is 13.8 Å². The van der Waals surface area contributed by atoms with Gasteiger partial charge in [-0.3, -0.25) is 4.79 Å². The Labute approximate surface area is 187 Å². The van der Waals surface area contributed by atoms with Crippen LogP contribution < -0.4 is 15.1 Å². The second-order valence-electron chi connectivity index (χ2n) is 8.18. The summed E-state index contributed by atoms with van der Waals surface area (Å²) < 4.78 is 2.10. The van der Waals surface area contributed by atoms with E-state index in [1.54, 1.807) is 12.4 Å². The van der Waals surface area contributed by atoms with Gasteiger partial charge in [0.05, 0.1) is 5.56 Å². The quantitative estimate of drug-likeness (QED) is 0.536. The first-order chi connectivity index (χ1) is 15.6. The van der Waals surface area contributed by atoms with E-state index < -0.39 is 0 Å². The molecule has 0 saturated carbocycles. The highest BCUT2D eigenvalue weighted by atomic mass is 16.1. The number of aromatic nitrogens is 3. The minimum Gasteiger partial charge on any atom is -0.354 e. The van der Waals surface area contributed by atoms with Gasteiger partial charge in [-0.15, -0.1) is 0 Å². The molecule has 7 nitrogen and oxygen atoms in total. The van der Waals surface area contributed by atoms with Crippen molar-refractivity contribution in [3.05, 3.63) is 83.8 Å². The van der Waals surface area contributed by atoms with Crippen molar-refractivity contribution in [2.75, 3.05) is 41.3 Å². The van der Waals surface area contributed by atoms with Crippen LogP contribution in [0.1, 0.15) is 21.5 Å². The molecule has 1 N–H and O–H groups in total. The lowest BCUT2D eigenvalue weighted by molar-refractivity contribution is 0.102. The summed E-state index contributed by atoms with van der Waals surface area (Å²) in [5.74, 6) is 1.76. The maximum absolute atomic E-state index is 12.9. The molecule has 1 aliphatic heterocycles. The summed E-state index contributed by atoms with van der Waals surface area (Å²) in [6, 6.07) is 15.9. The standard InChI is InChI=1S/C25H26N6O/c1-18-4-6-21(16-19(18)2)28-24(32)20-5-7-22-8-9-23(31(22)17-20)29-12-14-30(15-13-29)25-26-10-3-11-27-25/h3-11,16-17H,12-15H2,1-2H3,(H,28,32). The zero-order valence-corrected chi connectivity index (χ0v) is 18.3. The van der Waals surface area contributed by atoms with E-state index in [0.29, 0.717) is 5.56 Å². The summed E-state index contributed by atoms with van der Waals surface area (Å²) in [6.45, 7) is 7.54. The average Bonchev–Trinajstić information content (AvgIpc) is 3.25. The minimum absolute atomic E-state index is 0.110. The third-order valence-electron chi connectivity index (χ3n) is 6.10. The van der Waals surface area contributed by atoms with Crippen molar-refractivity contribution in [3.63, 3.8) is 0 Å². The lowest BCUT2D eigenvalue weighted by atomic mass is 10.1. The number of anilines is 3. The Hall–Kier alpha value is -3.87. The highest BCUT2D eigenvalue weighted by molar-refractivity contribution is 6.04. The molecule has 1 aliphatic rings. The van der Waals surface area contributed by atoms with Gasteiger partial charge in [-0.1, -0.05) is 6.07 Å². The summed E-state index contributed by atoms with van der Waals surface area (Å²) in [5, 5.41) is 3.02. The number of carbonyl (C=O) groups is 1. The van der Waals surface area contributed by atoms with E-state index in [9.17, 15) is 4.79 Å². The van der Waals surface area contributed by atoms with Crippen molar-refractivity contribution < 1.29 is 4.79 Å². The van der Waals surface area contributed by atoms with E-state index in [2.05, 4.69) is 48.5 Å². The topological polar surface area (TPSA) is 65.8 Å². The van der Waals surface area contributed by atoms with Gasteiger partial charge in [-0.25, -0.2) is 9.97 Å². The number of amides is 1. The normalized spacial score (nSPS) is 14.1. The zero-order chi connectivity index (χ0) is 22.1. The fourth-order valence-corrected chi connectivity index (χ4v) is 4.09. The van der Waals surface area contributed by atoms with Gasteiger partial charge in [0.25, 0.3) is 5.91 Å². The van der Waals surface area contributed by atoms with E-state index in [-0.39, 0.29) is 5.91 Å². The second-order valence-corrected chi connectivity index (χ2v) is 8.18. The van der Waals surface area contributed by atoms with Crippen LogP contribution in [0.25, 0.3) is 5.52 Å². The van der Waals surface area contributed by atoms with E-state index in [4.69, 9.17) is 0 Å². The molecule has 0 unspecified atom stereocenters. The number of piperazine rings is 1. The largest absolute Gasteiger partial charge is 0.354 e. The Balaban J connectivity index is 1.34. The molecule has 1 fully saturated rings. The molecule has 0 bridgehead atoms. The highest BCUT2D eigenvalue weighted by Gasteiger charge is 2.21. The first-order valence-corrected chi connectivity index (χ1v) is 10.9. The maximum Gasteiger partial charge on any atom is 0.257 e. The fraction of sp³-hybridized carbons (Fsp3) is 0.240. The van der Waals surface area contributed by atoms with E-state index in [1.165, 1.54) is 5.56 Å². The van der Waals surface area contributed by atoms with Crippen LogP contribution in [0.3, 0.4) is 0 Å². The number of fused-ring (bicyclic) bond motifs is 1. The van der Waals surface area contributed by atoms with Crippen LogP contribution in [0.4, 0.5) is 17.5 Å². The maximum atomic E-state index is 12.9. The van der Waals surface area contributed by atoms with Gasteiger partial charge < -0.3 is 19.5 Å². The van der Waals surface area contributed by atoms with Gasteiger partial charge >= 0.3 is 0 Å². The van der Waals surface area contributed by atoms with Crippen LogP contribution in [0.15, 0.2) is 67.1 Å². The molecular formula is C25H26N6O. The molecule has 1 saturated heterocycles. The summed E-state index contributed by atoms with van der Waals surface area (Å²) in [4.78, 5) is 26.2. The van der Waals surface area contributed by atoms with Crippen molar-refractivity contribution in [2.24, 2.45) is 0 Å². The van der Waals surface area contributed by atoms with Crippen LogP contribution in [-0.4, -0.2) is 46.5 Å². The monoisotopic (exact) mass is 426 g/mol. The number of rotatable bonds is 4. The molecule has 32 heavy (non-hydrogen) atoms. The summed E-state index contributed by atoms with van der Waals surface area (Å²) in [7, 11) is 0. The van der Waals surface area contributed by atoms with E-state index >= 15 is 0 Å². The van der Waals surface area contributed by atoms with E-state index in [1.807, 2.05) is 49.5 Å². The minimum atomic E-state index is -0.110. The summed E-state index contributed by atoms with van der Waals surface area (Å²) in [5.41, 5.74) is 4.87. The second kappa shape index (κ2) is 8.34. The number of aryl methyl sites for hydroxylation is 2. The molecule has 1 aromatic carbocycles. The number of hydrogen-bond acceptors (Lipinski definition) is 5. The summed E-state index contributed by atoms with van der Waals surface area (Å²) >= 11 is 0. The Bertz CT molecular complexity index is 1260. The number of pyridine rings is 1. The van der Waals surface area contributed by atoms with Crippen molar-refractivity contribution in [3.8, 4) is 0 Å². The number of carbonyl (C=O) groups excluding carboxylic acids is 1. The van der Waals surface area contributed by atoms with Crippen LogP contribution in [0, 0.1) is 13.8 Å². The Morgan fingerprint density at radius 1 is 0.875 bits per heavy atom. The van der Waals surface area contributed by atoms with Crippen LogP contribution >= 0.6 is 0 Å². The molecule has 0 radical (unpaired) electrons. The first-order valence-electron chi connectivity index (χ1n) is 10.9. The van der Waals surface area contributed by atoms with Gasteiger partial charge in [-0.05, 0) is 67.4 Å². The number of nitrogens with one attached hydrogen (secondary N) is 1. The van der Waals surface area contributed by atoms with Crippen molar-refractivity contribution in [1.29, 1.82) is 0 Å². The molecular weight excluding hydrogens is 400 g/mol. The molecule has 1 amide bonds. The van der Waals surface area contributed by atoms with Gasteiger partial charge in [-0.2, -0.15) is 0 Å². The fourth-order valence-electron chi connectivity index (χ4n) is 4.09. The van der Waals surface area contributed by atoms with Crippen LogP contribution in [-0.2, 0) is 0 Å². The molecule has 3 aromatic heterocycles. The lowest BCUT2D eigenvalue weighted by Crippen LogP contribution is -2.47. The highest BCUT2D eigenvalue weighted by Crippen LogP contribution is 2.23. The SMILES string of the molecule is Cc1ccc(NC(=O)c2ccc3ccc(N4CCN(c5ncccn5)CC4)n3c2)cc1C. The molecule has 162 valence electrons. The third-order valence-corrected chi connectivity index (χ3v) is 6.10. The number of hydrogen-bond donors (Lipinski definition) is 1. The van der Waals surface area contributed by atoms with Crippen LogP contribution in [0.5, 0.6) is 0 Å². The Morgan fingerprint density at radius 2 is 1.59 bits per heavy atom. The smallest absolute Gasteiger partial charge is 0.257 e. The van der Waals surface area contributed by atoms with Gasteiger partial charge in [0, 0.05) is 56.0 Å². The number of nitrogens with zero attached hydrogens (tertiary/aromatic N) is 5. The van der Waals surface area contributed by atoms with E-state index in [0.717, 1.165) is 54.7 Å². The van der Waals surface area contributed by atoms with Crippen molar-refractivity contribution >= 4 is 28.9 Å². The van der Waals surface area contributed by atoms with Gasteiger partial charge in [0.2, 0.25) is 5.95 Å². The molecule has 0 aliphatic carbocycles. The molecule has 7 heteroatoms. The average molecular weight is 427 g/mol. The lowest BCUT2D eigenvalue weighted by Gasteiger charge is -2.35. The summed E-state index contributed by atoms with van der Waals surface area (Å²) in [6.07, 6.45) is 5.48. The predicted molar refractivity (Wildman–Crippen MR) is 128 cm³/mol. The third kappa shape index (κ3) is 3.89. The molecule has 4 heterocycles. The molecule has 5 rings (SSSR count). The van der Waals surface area contributed by atoms with Gasteiger partial charge in [0.15, 0.2) is 0 Å². The Morgan fingerprint density at radius 3 is 2.34 bits per heavy atom. The van der Waals surface area contributed by atoms with Gasteiger partial charge in [0.1, 0.15) is 5.82 Å². The Kier molecular flexibility index (Phi) is 5.23. The van der Waals surface area contributed by atoms with Crippen molar-refractivity contribution in [1.82, 2.24) is 14.4 Å². The first kappa shape index (κ1) is 20.1. The molecule has 0 spiro atoms. The predicted octanol–water partition coefficient (Wildman–Crippen LogP) is 3.93. The van der Waals surface area contributed by atoms with Crippen LogP contribution in [0.2, 0.25) is 0 Å². The zero-order valence-electron chi connectivity index (χ0n) is 18.3. The number of benzene rings is 1. The molecule has 4 aromatic rings. The molecule has 0 atom stereocenters.